The number of rotatable bonds is 7. The number of aliphatic hydroxyl groups excluding tert-OH is 3. The van der Waals surface area contributed by atoms with Crippen molar-refractivity contribution in [3.63, 3.8) is 0 Å². The fourth-order valence-corrected chi connectivity index (χ4v) is 6.33. The molecule has 0 aromatic heterocycles. The summed E-state index contributed by atoms with van der Waals surface area (Å²) in [5, 5.41) is 44.0. The van der Waals surface area contributed by atoms with E-state index in [2.05, 4.69) is 0 Å². The summed E-state index contributed by atoms with van der Waals surface area (Å²) < 4.78 is 12.1. The van der Waals surface area contributed by atoms with Crippen molar-refractivity contribution in [1.29, 1.82) is 0 Å². The van der Waals surface area contributed by atoms with Crippen LogP contribution in [0.1, 0.15) is 100 Å². The van der Waals surface area contributed by atoms with Crippen molar-refractivity contribution in [2.24, 2.45) is 29.6 Å². The summed E-state index contributed by atoms with van der Waals surface area (Å²) in [5.74, 6) is -4.25. The lowest BCUT2D eigenvalue weighted by Crippen LogP contribution is -2.45. The molecule has 0 saturated carbocycles. The Morgan fingerprint density at radius 1 is 1.10 bits per heavy atom. The monoisotopic (exact) mass is 592 g/mol. The molecule has 42 heavy (non-hydrogen) atoms. The number of carbonyl (C=O) groups is 2. The fraction of sp³-hybridized carbons (Fsp3) is 0.765. The Balaban J connectivity index is 2.37. The van der Waals surface area contributed by atoms with Crippen LogP contribution in [0.5, 0.6) is 0 Å². The molecule has 2 heterocycles. The summed E-state index contributed by atoms with van der Waals surface area (Å²) >= 11 is 0. The van der Waals surface area contributed by atoms with Gasteiger partial charge < -0.3 is 29.9 Å². The van der Waals surface area contributed by atoms with Crippen LogP contribution in [0.2, 0.25) is 0 Å². The number of aliphatic hydroxyl groups is 4. The number of hydrogen-bond acceptors (Lipinski definition) is 8. The van der Waals surface area contributed by atoms with Crippen molar-refractivity contribution in [2.45, 2.75) is 137 Å². The Morgan fingerprint density at radius 3 is 2.38 bits per heavy atom. The highest BCUT2D eigenvalue weighted by Gasteiger charge is 2.41. The number of allylic oxidation sites excluding steroid dienone is 1. The maximum Gasteiger partial charge on any atom is 0.311 e. The van der Waals surface area contributed by atoms with E-state index in [4.69, 9.17) is 9.47 Å². The number of ether oxygens (including phenoxy) is 2. The van der Waals surface area contributed by atoms with Crippen LogP contribution in [0.3, 0.4) is 0 Å². The number of fused-ring (bicyclic) bond motifs is 2. The van der Waals surface area contributed by atoms with E-state index in [-0.39, 0.29) is 36.4 Å². The summed E-state index contributed by atoms with van der Waals surface area (Å²) in [6.45, 7) is 14.9. The van der Waals surface area contributed by atoms with Crippen molar-refractivity contribution in [3.8, 4) is 0 Å². The number of hydrogen-bond donors (Lipinski definition) is 4. The molecule has 8 heteroatoms. The van der Waals surface area contributed by atoms with Crippen molar-refractivity contribution < 1.29 is 39.5 Å². The van der Waals surface area contributed by atoms with Crippen LogP contribution in [0.4, 0.5) is 0 Å². The van der Waals surface area contributed by atoms with Gasteiger partial charge in [0.1, 0.15) is 18.0 Å². The largest absolute Gasteiger partial charge is 0.462 e. The summed E-state index contributed by atoms with van der Waals surface area (Å²) in [6.07, 6.45) is 6.51. The Labute approximate surface area is 252 Å². The van der Waals surface area contributed by atoms with Crippen molar-refractivity contribution in [3.05, 3.63) is 35.5 Å². The lowest BCUT2D eigenvalue weighted by Gasteiger charge is -2.38. The zero-order valence-electron chi connectivity index (χ0n) is 27.0. The molecule has 4 N–H and O–H groups in total. The second-order valence-corrected chi connectivity index (χ2v) is 13.1. The smallest absolute Gasteiger partial charge is 0.311 e. The molecular weight excluding hydrogens is 536 g/mol. The molecule has 0 aromatic carbocycles. The van der Waals surface area contributed by atoms with Crippen molar-refractivity contribution in [2.75, 3.05) is 0 Å². The minimum absolute atomic E-state index is 0.00960. The van der Waals surface area contributed by atoms with Gasteiger partial charge in [-0.2, -0.15) is 0 Å². The molecule has 0 radical (unpaired) electrons. The van der Waals surface area contributed by atoms with Crippen LogP contribution in [0.15, 0.2) is 35.5 Å². The van der Waals surface area contributed by atoms with Gasteiger partial charge in [-0.25, -0.2) is 0 Å². The molecule has 0 unspecified atom stereocenters. The van der Waals surface area contributed by atoms with Gasteiger partial charge in [0.05, 0.1) is 24.7 Å². The van der Waals surface area contributed by atoms with Gasteiger partial charge in [0.15, 0.2) is 5.79 Å². The van der Waals surface area contributed by atoms with E-state index >= 15 is 0 Å². The average molecular weight is 593 g/mol. The predicted octanol–water partition coefficient (Wildman–Crippen LogP) is 5.03. The topological polar surface area (TPSA) is 134 Å². The molecule has 0 aromatic rings. The lowest BCUT2D eigenvalue weighted by molar-refractivity contribution is -0.230. The predicted molar refractivity (Wildman–Crippen MR) is 163 cm³/mol. The van der Waals surface area contributed by atoms with E-state index in [1.54, 1.807) is 26.0 Å². The Bertz CT molecular complexity index is 986. The van der Waals surface area contributed by atoms with Crippen molar-refractivity contribution >= 4 is 11.8 Å². The molecule has 2 aliphatic rings. The normalized spacial score (nSPS) is 37.0. The summed E-state index contributed by atoms with van der Waals surface area (Å²) in [4.78, 5) is 25.6. The average Bonchev–Trinajstić information content (AvgIpc) is 2.95. The summed E-state index contributed by atoms with van der Waals surface area (Å²) in [6, 6.07) is 0. The number of ketones is 1. The number of Topliss-reactive ketones (excluding diaryl/α,β-unsaturated/α-hetero) is 1. The minimum Gasteiger partial charge on any atom is -0.462 e. The van der Waals surface area contributed by atoms with Gasteiger partial charge in [0, 0.05) is 30.6 Å². The van der Waals surface area contributed by atoms with Crippen LogP contribution in [-0.4, -0.2) is 68.5 Å². The van der Waals surface area contributed by atoms with E-state index in [9.17, 15) is 30.0 Å². The number of carbonyl (C=O) groups excluding carboxylic acids is 2. The maximum atomic E-state index is 13.4. The van der Waals surface area contributed by atoms with E-state index in [0.717, 1.165) is 24.0 Å². The first-order valence-corrected chi connectivity index (χ1v) is 15.8. The molecule has 2 rings (SSSR count). The third kappa shape index (κ3) is 10.1. The van der Waals surface area contributed by atoms with E-state index < -0.39 is 54.1 Å². The van der Waals surface area contributed by atoms with Gasteiger partial charge in [-0.3, -0.25) is 9.59 Å². The highest BCUT2D eigenvalue weighted by Crippen LogP contribution is 2.35. The molecule has 0 fully saturated rings. The molecule has 8 nitrogen and oxygen atoms in total. The molecule has 240 valence electrons. The summed E-state index contributed by atoms with van der Waals surface area (Å²) in [5.41, 5.74) is 1.89. The van der Waals surface area contributed by atoms with Crippen LogP contribution in [-0.2, 0) is 19.1 Å². The van der Waals surface area contributed by atoms with Crippen LogP contribution < -0.4 is 0 Å². The first-order chi connectivity index (χ1) is 19.6. The molecular formula is C34H56O8. The molecule has 0 aliphatic carbocycles. The number of esters is 1. The summed E-state index contributed by atoms with van der Waals surface area (Å²) in [7, 11) is 0. The lowest BCUT2D eigenvalue weighted by atomic mass is 9.78. The highest BCUT2D eigenvalue weighted by molar-refractivity contribution is 5.80. The highest BCUT2D eigenvalue weighted by atomic mass is 16.6. The maximum absolute atomic E-state index is 13.4. The van der Waals surface area contributed by atoms with Crippen LogP contribution in [0.25, 0.3) is 0 Å². The molecule has 2 aliphatic heterocycles. The Kier molecular flexibility index (Phi) is 14.1. The standard InChI is InChI=1S/C34H56O8/c1-9-28(36)25(7)31(39)23(5)18-24(6)33-26(8)30(38)20(2)14-15-27(35)13-11-10-12-21(3)32-22(4)16-17-34(40,42-32)19-29(37)41-33/h12,14-16,20,23-27,30-33,35,38-40H,9-11,13,17-19H2,1-8H3/b15-14+,21-12+/t20-,23-,24+,25+,26-,27+,30-,31-,32-,33+,34+/m1/s1. The van der Waals surface area contributed by atoms with Gasteiger partial charge in [0.25, 0.3) is 0 Å². The minimum atomic E-state index is -1.73. The Hall–Kier alpha value is -1.84. The molecule has 0 amide bonds. The van der Waals surface area contributed by atoms with Gasteiger partial charge in [-0.05, 0) is 62.5 Å². The third-order valence-corrected chi connectivity index (χ3v) is 9.25. The first kappa shape index (κ1) is 36.4. The zero-order chi connectivity index (χ0) is 31.8. The second kappa shape index (κ2) is 16.3. The first-order valence-electron chi connectivity index (χ1n) is 15.8. The molecule has 0 saturated heterocycles. The molecule has 2 bridgehead atoms. The Morgan fingerprint density at radius 2 is 1.74 bits per heavy atom. The van der Waals surface area contributed by atoms with Crippen molar-refractivity contribution in [1.82, 2.24) is 0 Å². The van der Waals surface area contributed by atoms with E-state index in [1.807, 2.05) is 53.7 Å². The van der Waals surface area contributed by atoms with Crippen LogP contribution in [0, 0.1) is 29.6 Å². The van der Waals surface area contributed by atoms with Crippen LogP contribution >= 0.6 is 0 Å². The quantitative estimate of drug-likeness (QED) is 0.239. The SMILES string of the molecule is CCC(=O)[C@H](C)[C@H](O)[C@H](C)C[C@H](C)[C@@H]1OC(=O)C[C@]2(O)CC=C(C)[C@H](O2)/C(C)=C/CCC[C@H](O)/C=C/[C@@H](C)[C@@H](O)[C@H]1C. The van der Waals surface area contributed by atoms with E-state index in [0.29, 0.717) is 19.3 Å². The fourth-order valence-electron chi connectivity index (χ4n) is 6.33. The van der Waals surface area contributed by atoms with E-state index in [1.165, 1.54) is 0 Å². The molecule has 11 atom stereocenters. The zero-order valence-corrected chi connectivity index (χ0v) is 27.0. The number of cyclic esters (lactones) is 1. The third-order valence-electron chi connectivity index (χ3n) is 9.25. The van der Waals surface area contributed by atoms with Gasteiger partial charge in [0.2, 0.25) is 0 Å². The van der Waals surface area contributed by atoms with Gasteiger partial charge in [-0.1, -0.05) is 65.8 Å². The molecule has 0 spiro atoms. The van der Waals surface area contributed by atoms with Gasteiger partial charge >= 0.3 is 5.97 Å². The second-order valence-electron chi connectivity index (χ2n) is 13.1. The van der Waals surface area contributed by atoms with Gasteiger partial charge in [-0.15, -0.1) is 0 Å².